The molecule has 0 aliphatic rings. The molecule has 1 rings (SSSR count). The van der Waals surface area contributed by atoms with Crippen molar-refractivity contribution in [2.75, 3.05) is 18.0 Å². The van der Waals surface area contributed by atoms with Gasteiger partial charge in [0.15, 0.2) is 0 Å². The van der Waals surface area contributed by atoms with E-state index in [0.29, 0.717) is 16.6 Å². The summed E-state index contributed by atoms with van der Waals surface area (Å²) in [4.78, 5) is 12.8. The van der Waals surface area contributed by atoms with Crippen LogP contribution in [-0.4, -0.2) is 24.2 Å². The highest BCUT2D eigenvalue weighted by Crippen LogP contribution is 2.27. The molecule has 17 heavy (non-hydrogen) atoms. The van der Waals surface area contributed by atoms with Gasteiger partial charge in [0.05, 0.1) is 16.0 Å². The monoisotopic (exact) mass is 275 g/mol. The maximum atomic E-state index is 10.8. The van der Waals surface area contributed by atoms with Crippen molar-refractivity contribution in [2.45, 2.75) is 13.8 Å². The van der Waals surface area contributed by atoms with Gasteiger partial charge in [-0.1, -0.05) is 30.1 Å². The van der Waals surface area contributed by atoms with Gasteiger partial charge in [-0.3, -0.25) is 4.79 Å². The first-order valence-electron chi connectivity index (χ1n) is 5.38. The van der Waals surface area contributed by atoms with Crippen molar-refractivity contribution in [2.24, 2.45) is 5.92 Å². The van der Waals surface area contributed by atoms with Crippen LogP contribution < -0.4 is 4.90 Å². The molecule has 1 unspecified atom stereocenters. The van der Waals surface area contributed by atoms with Crippen molar-refractivity contribution in [1.29, 1.82) is 0 Å². The molecular formula is C12H15Cl2NO2. The summed E-state index contributed by atoms with van der Waals surface area (Å²) in [6.45, 7) is 4.82. The van der Waals surface area contributed by atoms with Crippen LogP contribution in [0, 0.1) is 5.92 Å². The van der Waals surface area contributed by atoms with Gasteiger partial charge >= 0.3 is 5.97 Å². The van der Waals surface area contributed by atoms with Gasteiger partial charge in [-0.05, 0) is 25.1 Å². The van der Waals surface area contributed by atoms with Crippen LogP contribution >= 0.6 is 23.2 Å². The molecule has 0 amide bonds. The lowest BCUT2D eigenvalue weighted by atomic mass is 10.1. The van der Waals surface area contributed by atoms with E-state index in [1.165, 1.54) is 0 Å². The van der Waals surface area contributed by atoms with Crippen molar-refractivity contribution in [3.8, 4) is 0 Å². The summed E-state index contributed by atoms with van der Waals surface area (Å²) in [6.07, 6.45) is 0. The standard InChI is InChI=1S/C12H15Cl2NO2/c1-3-15(7-8(2)12(16)17)9-4-5-10(13)11(14)6-9/h4-6,8H,3,7H2,1-2H3,(H,16,17). The fourth-order valence-electron chi connectivity index (χ4n) is 1.51. The van der Waals surface area contributed by atoms with Gasteiger partial charge in [-0.2, -0.15) is 0 Å². The highest BCUT2D eigenvalue weighted by Gasteiger charge is 2.16. The van der Waals surface area contributed by atoms with Gasteiger partial charge in [-0.25, -0.2) is 0 Å². The smallest absolute Gasteiger partial charge is 0.308 e. The minimum atomic E-state index is -0.802. The predicted octanol–water partition coefficient (Wildman–Crippen LogP) is 3.54. The molecular weight excluding hydrogens is 261 g/mol. The Morgan fingerprint density at radius 1 is 1.41 bits per heavy atom. The molecule has 5 heteroatoms. The molecule has 94 valence electrons. The Kier molecular flexibility index (Phi) is 5.09. The van der Waals surface area contributed by atoms with Gasteiger partial charge in [0, 0.05) is 18.8 Å². The Balaban J connectivity index is 2.86. The SMILES string of the molecule is CCN(CC(C)C(=O)O)c1ccc(Cl)c(Cl)c1. The highest BCUT2D eigenvalue weighted by molar-refractivity contribution is 6.42. The van der Waals surface area contributed by atoms with Crippen LogP contribution in [0.3, 0.4) is 0 Å². The molecule has 0 saturated heterocycles. The molecule has 1 N–H and O–H groups in total. The van der Waals surface area contributed by atoms with Crippen molar-refractivity contribution < 1.29 is 9.90 Å². The summed E-state index contributed by atoms with van der Waals surface area (Å²) in [7, 11) is 0. The molecule has 0 spiro atoms. The van der Waals surface area contributed by atoms with Crippen LogP contribution in [0.15, 0.2) is 18.2 Å². The number of rotatable bonds is 5. The molecule has 0 aromatic heterocycles. The average molecular weight is 276 g/mol. The number of anilines is 1. The van der Waals surface area contributed by atoms with E-state index in [1.54, 1.807) is 19.1 Å². The van der Waals surface area contributed by atoms with Gasteiger partial charge in [0.25, 0.3) is 0 Å². The average Bonchev–Trinajstić information content (AvgIpc) is 2.29. The first kappa shape index (κ1) is 14.1. The summed E-state index contributed by atoms with van der Waals surface area (Å²) in [6, 6.07) is 5.31. The third kappa shape index (κ3) is 3.79. The molecule has 0 bridgehead atoms. The Bertz CT molecular complexity index is 409. The van der Waals surface area contributed by atoms with E-state index in [9.17, 15) is 4.79 Å². The van der Waals surface area contributed by atoms with E-state index >= 15 is 0 Å². The van der Waals surface area contributed by atoms with Crippen LogP contribution in [0.25, 0.3) is 0 Å². The topological polar surface area (TPSA) is 40.5 Å². The van der Waals surface area contributed by atoms with Gasteiger partial charge in [0.1, 0.15) is 0 Å². The van der Waals surface area contributed by atoms with Crippen LogP contribution in [-0.2, 0) is 4.79 Å². The Labute approximate surface area is 111 Å². The highest BCUT2D eigenvalue weighted by atomic mass is 35.5. The van der Waals surface area contributed by atoms with Crippen LogP contribution in [0.1, 0.15) is 13.8 Å². The van der Waals surface area contributed by atoms with E-state index in [0.717, 1.165) is 12.2 Å². The molecule has 0 aliphatic carbocycles. The summed E-state index contributed by atoms with van der Waals surface area (Å²) >= 11 is 11.8. The van der Waals surface area contributed by atoms with Crippen molar-refractivity contribution in [3.05, 3.63) is 28.2 Å². The number of aliphatic carboxylic acids is 1. The Morgan fingerprint density at radius 2 is 2.06 bits per heavy atom. The zero-order valence-corrected chi connectivity index (χ0v) is 11.3. The number of carboxylic acids is 1. The minimum absolute atomic E-state index is 0.426. The number of hydrogen-bond acceptors (Lipinski definition) is 2. The van der Waals surface area contributed by atoms with Crippen molar-refractivity contribution >= 4 is 34.9 Å². The number of halogens is 2. The van der Waals surface area contributed by atoms with E-state index in [4.69, 9.17) is 28.3 Å². The lowest BCUT2D eigenvalue weighted by Crippen LogP contribution is -2.31. The lowest BCUT2D eigenvalue weighted by molar-refractivity contribution is -0.140. The molecule has 1 atom stereocenters. The zero-order chi connectivity index (χ0) is 13.0. The quantitative estimate of drug-likeness (QED) is 0.894. The van der Waals surface area contributed by atoms with E-state index in [1.807, 2.05) is 17.9 Å². The first-order valence-corrected chi connectivity index (χ1v) is 6.14. The van der Waals surface area contributed by atoms with Crippen molar-refractivity contribution in [3.63, 3.8) is 0 Å². The van der Waals surface area contributed by atoms with Crippen LogP contribution in [0.4, 0.5) is 5.69 Å². The first-order chi connectivity index (χ1) is 7.95. The summed E-state index contributed by atoms with van der Waals surface area (Å²) in [5, 5.41) is 9.87. The summed E-state index contributed by atoms with van der Waals surface area (Å²) in [5.74, 6) is -1.23. The predicted molar refractivity (Wildman–Crippen MR) is 71.1 cm³/mol. The molecule has 0 radical (unpaired) electrons. The van der Waals surface area contributed by atoms with Crippen LogP contribution in [0.5, 0.6) is 0 Å². The maximum Gasteiger partial charge on any atom is 0.308 e. The largest absolute Gasteiger partial charge is 0.481 e. The number of carbonyl (C=O) groups is 1. The Morgan fingerprint density at radius 3 is 2.53 bits per heavy atom. The molecule has 1 aromatic rings. The number of benzene rings is 1. The number of carboxylic acid groups (broad SMARTS) is 1. The van der Waals surface area contributed by atoms with Gasteiger partial charge in [0.2, 0.25) is 0 Å². The molecule has 1 aromatic carbocycles. The summed E-state index contributed by atoms with van der Waals surface area (Å²) in [5.41, 5.74) is 0.884. The van der Waals surface area contributed by atoms with E-state index < -0.39 is 11.9 Å². The fourth-order valence-corrected chi connectivity index (χ4v) is 1.80. The van der Waals surface area contributed by atoms with E-state index in [2.05, 4.69) is 0 Å². The second-order valence-corrected chi connectivity index (χ2v) is 4.69. The Hall–Kier alpha value is -0.930. The zero-order valence-electron chi connectivity index (χ0n) is 9.78. The lowest BCUT2D eigenvalue weighted by Gasteiger charge is -2.25. The molecule has 0 saturated carbocycles. The maximum absolute atomic E-state index is 10.8. The summed E-state index contributed by atoms with van der Waals surface area (Å²) < 4.78 is 0. The second-order valence-electron chi connectivity index (χ2n) is 3.88. The van der Waals surface area contributed by atoms with Crippen molar-refractivity contribution in [1.82, 2.24) is 0 Å². The second kappa shape index (κ2) is 6.12. The van der Waals surface area contributed by atoms with Crippen LogP contribution in [0.2, 0.25) is 10.0 Å². The van der Waals surface area contributed by atoms with E-state index in [-0.39, 0.29) is 0 Å². The third-order valence-corrected chi connectivity index (χ3v) is 3.30. The number of nitrogens with zero attached hydrogens (tertiary/aromatic N) is 1. The molecule has 3 nitrogen and oxygen atoms in total. The molecule has 0 fully saturated rings. The third-order valence-electron chi connectivity index (χ3n) is 2.57. The molecule has 0 heterocycles. The minimum Gasteiger partial charge on any atom is -0.481 e. The van der Waals surface area contributed by atoms with Gasteiger partial charge < -0.3 is 10.0 Å². The fraction of sp³-hybridized carbons (Fsp3) is 0.417. The molecule has 0 aliphatic heterocycles. The van der Waals surface area contributed by atoms with Gasteiger partial charge in [-0.15, -0.1) is 0 Å². The number of hydrogen-bond donors (Lipinski definition) is 1. The normalized spacial score (nSPS) is 12.2.